The Labute approximate surface area is 568 Å². The van der Waals surface area contributed by atoms with Crippen LogP contribution >= 0.6 is 15.6 Å². The van der Waals surface area contributed by atoms with Gasteiger partial charge in [0.05, 0.1) is 26.4 Å². The average Bonchev–Trinajstić information content (AvgIpc) is 2.14. The molecule has 3 N–H and O–H groups in total. The number of aliphatic hydroxyl groups excluding tert-OH is 1. The van der Waals surface area contributed by atoms with E-state index in [1.54, 1.807) is 0 Å². The zero-order valence-corrected chi connectivity index (χ0v) is 62.2. The zero-order valence-electron chi connectivity index (χ0n) is 60.4. The van der Waals surface area contributed by atoms with Gasteiger partial charge in [0.1, 0.15) is 19.3 Å². The lowest BCUT2D eigenvalue weighted by Crippen LogP contribution is -2.30. The molecule has 17 nitrogen and oxygen atoms in total. The fraction of sp³-hybridized carbons (Fsp3) is 0.946. The third kappa shape index (κ3) is 68.4. The standard InChI is InChI=1S/C74H144O17P2/c1-6-9-12-15-18-21-24-34-39-43-48-53-58-72(77)85-64-70(91-74(79)60-55-50-45-40-35-32-30-28-26-25-27-29-31-33-36-41-46-51-56-67(4)5)66-89-93(82,83)87-62-68(75)61-86-92(80,81)88-65-69(90-73(78)59-54-49-44-38-23-20-17-14-11-8-3)63-84-71(76)57-52-47-42-37-22-19-16-13-10-7-2/h67-70,75H,6-66H2,1-5H3,(H,80,81)(H,82,83)/t68-,69+,70+/m0/s1. The Morgan fingerprint density at radius 3 is 0.731 bits per heavy atom. The first-order valence-corrected chi connectivity index (χ1v) is 41.6. The van der Waals surface area contributed by atoms with Gasteiger partial charge in [0.25, 0.3) is 0 Å². The van der Waals surface area contributed by atoms with Gasteiger partial charge in [-0.05, 0) is 31.6 Å². The van der Waals surface area contributed by atoms with E-state index in [0.29, 0.717) is 25.7 Å². The van der Waals surface area contributed by atoms with Gasteiger partial charge in [0.15, 0.2) is 12.2 Å². The molecule has 552 valence electrons. The molecule has 0 saturated carbocycles. The average molecular weight is 1370 g/mol. The minimum absolute atomic E-state index is 0.107. The van der Waals surface area contributed by atoms with Crippen LogP contribution in [0.3, 0.4) is 0 Å². The summed E-state index contributed by atoms with van der Waals surface area (Å²) in [4.78, 5) is 72.6. The molecule has 0 aliphatic rings. The van der Waals surface area contributed by atoms with E-state index in [9.17, 15) is 43.2 Å². The maximum Gasteiger partial charge on any atom is 0.472 e. The van der Waals surface area contributed by atoms with E-state index in [0.717, 1.165) is 95.8 Å². The first-order chi connectivity index (χ1) is 45.0. The minimum atomic E-state index is -4.95. The largest absolute Gasteiger partial charge is 0.472 e. The third-order valence-corrected chi connectivity index (χ3v) is 19.2. The van der Waals surface area contributed by atoms with E-state index in [2.05, 4.69) is 34.6 Å². The lowest BCUT2D eigenvalue weighted by molar-refractivity contribution is -0.161. The number of esters is 4. The van der Waals surface area contributed by atoms with Crippen LogP contribution in [0, 0.1) is 5.92 Å². The van der Waals surface area contributed by atoms with E-state index < -0.39 is 97.5 Å². The molecule has 5 atom stereocenters. The van der Waals surface area contributed by atoms with Crippen LogP contribution in [-0.4, -0.2) is 96.7 Å². The van der Waals surface area contributed by atoms with Crippen molar-refractivity contribution in [2.75, 3.05) is 39.6 Å². The van der Waals surface area contributed by atoms with E-state index >= 15 is 0 Å². The lowest BCUT2D eigenvalue weighted by atomic mass is 10.0. The highest BCUT2D eigenvalue weighted by molar-refractivity contribution is 7.47. The number of hydrogen-bond donors (Lipinski definition) is 3. The number of carbonyl (C=O) groups excluding carboxylic acids is 4. The van der Waals surface area contributed by atoms with Crippen LogP contribution in [0.1, 0.15) is 388 Å². The highest BCUT2D eigenvalue weighted by Crippen LogP contribution is 2.45. The Morgan fingerprint density at radius 1 is 0.290 bits per heavy atom. The quantitative estimate of drug-likeness (QED) is 0.0222. The van der Waals surface area contributed by atoms with Crippen molar-refractivity contribution in [2.45, 2.75) is 406 Å². The van der Waals surface area contributed by atoms with Crippen LogP contribution < -0.4 is 0 Å². The summed E-state index contributed by atoms with van der Waals surface area (Å²) in [6.45, 7) is 7.29. The molecule has 0 rings (SSSR count). The molecule has 0 spiro atoms. The number of phosphoric acid groups is 2. The van der Waals surface area contributed by atoms with Gasteiger partial charge in [-0.2, -0.15) is 0 Å². The molecular formula is C74H144O17P2. The topological polar surface area (TPSA) is 237 Å². The Morgan fingerprint density at radius 2 is 0.495 bits per heavy atom. The summed E-state index contributed by atoms with van der Waals surface area (Å²) in [5.41, 5.74) is 0. The second-order valence-electron chi connectivity index (χ2n) is 27.2. The van der Waals surface area contributed by atoms with Crippen molar-refractivity contribution >= 4 is 39.5 Å². The molecule has 0 aromatic rings. The second-order valence-corrected chi connectivity index (χ2v) is 30.1. The second kappa shape index (κ2) is 67.3. The third-order valence-electron chi connectivity index (χ3n) is 17.3. The van der Waals surface area contributed by atoms with Gasteiger partial charge in [-0.1, -0.05) is 336 Å². The number of unbranched alkanes of at least 4 members (excludes halogenated alkanes) is 46. The first kappa shape index (κ1) is 91.1. The zero-order chi connectivity index (χ0) is 68.4. The summed E-state index contributed by atoms with van der Waals surface area (Å²) in [5.74, 6) is -1.30. The molecule has 0 heterocycles. The maximum absolute atomic E-state index is 13.1. The van der Waals surface area contributed by atoms with Crippen LogP contribution in [0.15, 0.2) is 0 Å². The Hall–Kier alpha value is -1.94. The van der Waals surface area contributed by atoms with Crippen LogP contribution in [-0.2, 0) is 65.4 Å². The van der Waals surface area contributed by atoms with Crippen molar-refractivity contribution < 1.29 is 80.2 Å². The van der Waals surface area contributed by atoms with E-state index in [1.807, 2.05) is 0 Å². The molecule has 0 radical (unpaired) electrons. The van der Waals surface area contributed by atoms with E-state index in [-0.39, 0.29) is 25.7 Å². The van der Waals surface area contributed by atoms with Gasteiger partial charge in [0, 0.05) is 25.7 Å². The summed E-state index contributed by atoms with van der Waals surface area (Å²) in [5, 5.41) is 10.6. The molecule has 0 aliphatic carbocycles. The predicted octanol–water partition coefficient (Wildman–Crippen LogP) is 21.7. The van der Waals surface area contributed by atoms with Crippen molar-refractivity contribution in [1.29, 1.82) is 0 Å². The lowest BCUT2D eigenvalue weighted by Gasteiger charge is -2.21. The van der Waals surface area contributed by atoms with Crippen molar-refractivity contribution in [3.63, 3.8) is 0 Å². The minimum Gasteiger partial charge on any atom is -0.462 e. The van der Waals surface area contributed by atoms with Crippen molar-refractivity contribution in [3.8, 4) is 0 Å². The van der Waals surface area contributed by atoms with Crippen LogP contribution in [0.2, 0.25) is 0 Å². The van der Waals surface area contributed by atoms with Crippen LogP contribution in [0.5, 0.6) is 0 Å². The van der Waals surface area contributed by atoms with Crippen LogP contribution in [0.25, 0.3) is 0 Å². The molecule has 0 bridgehead atoms. The molecular weight excluding hydrogens is 1220 g/mol. The molecule has 0 aliphatic heterocycles. The number of aliphatic hydroxyl groups is 1. The fourth-order valence-electron chi connectivity index (χ4n) is 11.4. The number of phosphoric ester groups is 2. The van der Waals surface area contributed by atoms with Gasteiger partial charge in [-0.25, -0.2) is 9.13 Å². The molecule has 0 aromatic carbocycles. The summed E-state index contributed by atoms with van der Waals surface area (Å²) >= 11 is 0. The van der Waals surface area contributed by atoms with Gasteiger partial charge >= 0.3 is 39.5 Å². The molecule has 0 fully saturated rings. The Kier molecular flexibility index (Phi) is 65.9. The van der Waals surface area contributed by atoms with Gasteiger partial charge in [-0.15, -0.1) is 0 Å². The maximum atomic E-state index is 13.1. The highest BCUT2D eigenvalue weighted by Gasteiger charge is 2.30. The van der Waals surface area contributed by atoms with E-state index in [4.69, 9.17) is 37.0 Å². The van der Waals surface area contributed by atoms with Gasteiger partial charge in [-0.3, -0.25) is 37.3 Å². The Bertz CT molecular complexity index is 1790. The number of rotatable bonds is 74. The Balaban J connectivity index is 5.17. The summed E-state index contributed by atoms with van der Waals surface area (Å²) < 4.78 is 68.4. The van der Waals surface area contributed by atoms with Crippen molar-refractivity contribution in [1.82, 2.24) is 0 Å². The number of hydrogen-bond acceptors (Lipinski definition) is 15. The molecule has 19 heteroatoms. The highest BCUT2D eigenvalue weighted by atomic mass is 31.2. The molecule has 0 aromatic heterocycles. The predicted molar refractivity (Wildman–Crippen MR) is 377 cm³/mol. The molecule has 0 amide bonds. The van der Waals surface area contributed by atoms with Gasteiger partial charge in [0.2, 0.25) is 0 Å². The first-order valence-electron chi connectivity index (χ1n) is 38.6. The fourth-order valence-corrected chi connectivity index (χ4v) is 12.9. The molecule has 93 heavy (non-hydrogen) atoms. The van der Waals surface area contributed by atoms with Crippen LogP contribution in [0.4, 0.5) is 0 Å². The summed E-state index contributed by atoms with van der Waals surface area (Å²) in [7, 11) is -9.90. The van der Waals surface area contributed by atoms with Crippen molar-refractivity contribution in [3.05, 3.63) is 0 Å². The number of ether oxygens (including phenoxy) is 4. The monoisotopic (exact) mass is 1370 g/mol. The summed E-state index contributed by atoms with van der Waals surface area (Å²) in [6.07, 6.45) is 55.5. The molecule has 0 saturated heterocycles. The molecule has 2 unspecified atom stereocenters. The summed E-state index contributed by atoms with van der Waals surface area (Å²) in [6, 6.07) is 0. The SMILES string of the molecule is CCCCCCCCCCCCCCC(=O)OC[C@H](COP(=O)(O)OC[C@@H](O)COP(=O)(O)OC[C@@H](COC(=O)CCCCCCCCCCCC)OC(=O)CCCCCCCCCCCC)OC(=O)CCCCCCCCCCCCCCCCCCCCC(C)C. The van der Waals surface area contributed by atoms with Crippen molar-refractivity contribution in [2.24, 2.45) is 5.92 Å². The smallest absolute Gasteiger partial charge is 0.462 e. The normalized spacial score (nSPS) is 14.0. The van der Waals surface area contributed by atoms with E-state index in [1.165, 1.54) is 212 Å². The number of carbonyl (C=O) groups is 4. The van der Waals surface area contributed by atoms with Gasteiger partial charge < -0.3 is 33.8 Å².